The minimum atomic E-state index is 0.0978. The van der Waals surface area contributed by atoms with Gasteiger partial charge in [0.25, 0.3) is 0 Å². The second-order valence-corrected chi connectivity index (χ2v) is 9.14. The monoisotopic (exact) mass is 361 g/mol. The minimum absolute atomic E-state index is 0.0978. The molecule has 3 aromatic rings. The summed E-state index contributed by atoms with van der Waals surface area (Å²) >= 11 is 0. The number of nitrogens with zero attached hydrogens (tertiary/aromatic N) is 3. The Bertz CT molecular complexity index is 993. The first kappa shape index (κ1) is 16.8. The fraction of sp³-hybridized carbons (Fsp3) is 0.455. The molecule has 2 aliphatic rings. The van der Waals surface area contributed by atoms with Crippen LogP contribution < -0.4 is 10.6 Å². The largest absolute Gasteiger partial charge is 0.365 e. The molecule has 0 aromatic carbocycles. The van der Waals surface area contributed by atoms with Crippen LogP contribution in [0.5, 0.6) is 0 Å². The number of pyridine rings is 2. The van der Waals surface area contributed by atoms with Crippen LogP contribution in [0.3, 0.4) is 0 Å². The molecule has 0 amide bonds. The summed E-state index contributed by atoms with van der Waals surface area (Å²) in [6, 6.07) is 11.0. The summed E-state index contributed by atoms with van der Waals surface area (Å²) in [5, 5.41) is 7.20. The topological polar surface area (TPSA) is 54.2 Å². The smallest absolute Gasteiger partial charge is 0.137 e. The third-order valence-corrected chi connectivity index (χ3v) is 6.16. The summed E-state index contributed by atoms with van der Waals surface area (Å²) in [6.07, 6.45) is 6.76. The molecule has 0 radical (unpaired) electrons. The number of hydrogen-bond donors (Lipinski definition) is 2. The first-order chi connectivity index (χ1) is 12.9. The van der Waals surface area contributed by atoms with E-state index in [2.05, 4.69) is 77.3 Å². The fourth-order valence-corrected chi connectivity index (χ4v) is 4.15. The number of anilines is 1. The van der Waals surface area contributed by atoms with Gasteiger partial charge in [-0.05, 0) is 42.0 Å². The summed E-state index contributed by atoms with van der Waals surface area (Å²) in [4.78, 5) is 9.49. The number of nitrogens with one attached hydrogen (secondary N) is 2. The molecule has 1 aliphatic heterocycles. The third kappa shape index (κ3) is 2.90. The van der Waals surface area contributed by atoms with Crippen LogP contribution in [-0.4, -0.2) is 33.5 Å². The zero-order chi connectivity index (χ0) is 18.6. The first-order valence-corrected chi connectivity index (χ1v) is 9.87. The Hall–Kier alpha value is -2.40. The molecule has 1 saturated heterocycles. The van der Waals surface area contributed by atoms with Crippen molar-refractivity contribution in [1.82, 2.24) is 19.7 Å². The van der Waals surface area contributed by atoms with Crippen LogP contribution in [0, 0.1) is 5.41 Å². The van der Waals surface area contributed by atoms with Crippen molar-refractivity contribution in [2.75, 3.05) is 18.4 Å². The molecule has 1 atom stereocenters. The molecule has 5 rings (SSSR count). The zero-order valence-electron chi connectivity index (χ0n) is 16.3. The minimum Gasteiger partial charge on any atom is -0.365 e. The zero-order valence-corrected chi connectivity index (χ0v) is 16.3. The standard InChI is InChI=1S/C22H27N5/c1-21(2,3)15-7-8-20-24-11-17(27(20)13-15)16-5-4-6-19(25-16)26-18-12-23-14-22(18)9-10-22/h4-8,11,13,18,23H,9-10,12,14H2,1-3H3,(H,25,26). The Morgan fingerprint density at radius 3 is 2.81 bits per heavy atom. The van der Waals surface area contributed by atoms with E-state index in [1.165, 1.54) is 18.4 Å². The van der Waals surface area contributed by atoms with Crippen LogP contribution in [0.2, 0.25) is 0 Å². The van der Waals surface area contributed by atoms with Crippen molar-refractivity contribution < 1.29 is 0 Å². The average molecular weight is 361 g/mol. The summed E-state index contributed by atoms with van der Waals surface area (Å²) < 4.78 is 2.16. The maximum absolute atomic E-state index is 4.91. The summed E-state index contributed by atoms with van der Waals surface area (Å²) in [5.74, 6) is 0.953. The Morgan fingerprint density at radius 2 is 2.04 bits per heavy atom. The summed E-state index contributed by atoms with van der Waals surface area (Å²) in [7, 11) is 0. The van der Waals surface area contributed by atoms with Gasteiger partial charge in [-0.15, -0.1) is 0 Å². The van der Waals surface area contributed by atoms with Crippen LogP contribution in [0.25, 0.3) is 17.0 Å². The van der Waals surface area contributed by atoms with Crippen molar-refractivity contribution in [3.63, 3.8) is 0 Å². The Balaban J connectivity index is 1.49. The Kier molecular flexibility index (Phi) is 3.60. The van der Waals surface area contributed by atoms with E-state index in [9.17, 15) is 0 Å². The SMILES string of the molecule is CC(C)(C)c1ccc2ncc(-c3cccc(NC4CNCC45CC5)n3)n2c1. The molecular formula is C22H27N5. The van der Waals surface area contributed by atoms with Crippen molar-refractivity contribution in [2.45, 2.75) is 45.1 Å². The molecule has 0 bridgehead atoms. The molecule has 4 heterocycles. The van der Waals surface area contributed by atoms with Crippen molar-refractivity contribution in [3.8, 4) is 11.4 Å². The fourth-order valence-electron chi connectivity index (χ4n) is 4.15. The van der Waals surface area contributed by atoms with Crippen LogP contribution in [-0.2, 0) is 5.41 Å². The maximum Gasteiger partial charge on any atom is 0.137 e. The molecule has 140 valence electrons. The number of fused-ring (bicyclic) bond motifs is 1. The van der Waals surface area contributed by atoms with Gasteiger partial charge in [-0.2, -0.15) is 0 Å². The number of imidazole rings is 1. The predicted molar refractivity (Wildman–Crippen MR) is 109 cm³/mol. The highest BCUT2D eigenvalue weighted by Crippen LogP contribution is 2.51. The normalized spacial score (nSPS) is 21.1. The lowest BCUT2D eigenvalue weighted by Gasteiger charge is -2.20. The van der Waals surface area contributed by atoms with Crippen LogP contribution in [0.4, 0.5) is 5.82 Å². The van der Waals surface area contributed by atoms with Gasteiger partial charge in [-0.3, -0.25) is 4.40 Å². The predicted octanol–water partition coefficient (Wildman–Crippen LogP) is 3.86. The van der Waals surface area contributed by atoms with Crippen LogP contribution >= 0.6 is 0 Å². The molecule has 1 spiro atoms. The molecule has 1 aliphatic carbocycles. The van der Waals surface area contributed by atoms with E-state index in [1.54, 1.807) is 0 Å². The average Bonchev–Trinajstić information content (AvgIpc) is 3.13. The molecular weight excluding hydrogens is 334 g/mol. The quantitative estimate of drug-likeness (QED) is 0.744. The second-order valence-electron chi connectivity index (χ2n) is 9.14. The summed E-state index contributed by atoms with van der Waals surface area (Å²) in [6.45, 7) is 8.86. The van der Waals surface area contributed by atoms with Gasteiger partial charge in [-0.25, -0.2) is 9.97 Å². The molecule has 1 unspecified atom stereocenters. The molecule has 2 fully saturated rings. The van der Waals surface area contributed by atoms with Gasteiger partial charge in [0.1, 0.15) is 11.5 Å². The van der Waals surface area contributed by atoms with Crippen LogP contribution in [0.15, 0.2) is 42.7 Å². The molecule has 2 N–H and O–H groups in total. The summed E-state index contributed by atoms with van der Waals surface area (Å²) in [5.41, 5.74) is 4.79. The van der Waals surface area contributed by atoms with Gasteiger partial charge >= 0.3 is 0 Å². The molecule has 1 saturated carbocycles. The number of hydrogen-bond acceptors (Lipinski definition) is 4. The maximum atomic E-state index is 4.91. The lowest BCUT2D eigenvalue weighted by atomic mass is 9.88. The number of rotatable bonds is 3. The molecule has 5 nitrogen and oxygen atoms in total. The second kappa shape index (κ2) is 5.80. The highest BCUT2D eigenvalue weighted by Gasteiger charge is 2.52. The van der Waals surface area contributed by atoms with Gasteiger partial charge < -0.3 is 10.6 Å². The van der Waals surface area contributed by atoms with Crippen molar-refractivity contribution in [1.29, 1.82) is 0 Å². The lowest BCUT2D eigenvalue weighted by Crippen LogP contribution is -2.29. The molecule has 3 aromatic heterocycles. The highest BCUT2D eigenvalue weighted by molar-refractivity contribution is 5.62. The van der Waals surface area contributed by atoms with Gasteiger partial charge in [-0.1, -0.05) is 32.9 Å². The van der Waals surface area contributed by atoms with Crippen LogP contribution in [0.1, 0.15) is 39.2 Å². The van der Waals surface area contributed by atoms with E-state index in [0.29, 0.717) is 11.5 Å². The third-order valence-electron chi connectivity index (χ3n) is 6.16. The van der Waals surface area contributed by atoms with E-state index in [1.807, 2.05) is 6.20 Å². The van der Waals surface area contributed by atoms with Crippen molar-refractivity contribution in [3.05, 3.63) is 48.3 Å². The Labute approximate surface area is 160 Å². The van der Waals surface area contributed by atoms with E-state index < -0.39 is 0 Å². The Morgan fingerprint density at radius 1 is 1.19 bits per heavy atom. The van der Waals surface area contributed by atoms with Crippen molar-refractivity contribution >= 4 is 11.5 Å². The lowest BCUT2D eigenvalue weighted by molar-refractivity contribution is 0.523. The van der Waals surface area contributed by atoms with E-state index in [0.717, 1.165) is 35.9 Å². The first-order valence-electron chi connectivity index (χ1n) is 9.87. The van der Waals surface area contributed by atoms with E-state index in [4.69, 9.17) is 4.98 Å². The van der Waals surface area contributed by atoms with Gasteiger partial charge in [0.05, 0.1) is 17.6 Å². The highest BCUT2D eigenvalue weighted by atomic mass is 15.1. The number of aromatic nitrogens is 3. The van der Waals surface area contributed by atoms with Gasteiger partial charge in [0, 0.05) is 30.7 Å². The van der Waals surface area contributed by atoms with Gasteiger partial charge in [0.2, 0.25) is 0 Å². The molecule has 27 heavy (non-hydrogen) atoms. The van der Waals surface area contributed by atoms with Crippen molar-refractivity contribution in [2.24, 2.45) is 5.41 Å². The molecule has 5 heteroatoms. The van der Waals surface area contributed by atoms with Gasteiger partial charge in [0.15, 0.2) is 0 Å². The van der Waals surface area contributed by atoms with E-state index >= 15 is 0 Å². The van der Waals surface area contributed by atoms with E-state index in [-0.39, 0.29) is 5.41 Å².